The quantitative estimate of drug-likeness (QED) is 0.874. The highest BCUT2D eigenvalue weighted by Gasteiger charge is 2.34. The van der Waals surface area contributed by atoms with Gasteiger partial charge in [-0.1, -0.05) is 24.3 Å². The predicted molar refractivity (Wildman–Crippen MR) is 88.9 cm³/mol. The maximum atomic E-state index is 12.8. The number of esters is 1. The summed E-state index contributed by atoms with van der Waals surface area (Å²) in [7, 11) is 2.90. The second-order valence-corrected chi connectivity index (χ2v) is 5.37. The molecule has 6 heteroatoms. The Morgan fingerprint density at radius 1 is 1.12 bits per heavy atom. The van der Waals surface area contributed by atoms with Crippen molar-refractivity contribution >= 4 is 17.6 Å². The van der Waals surface area contributed by atoms with E-state index >= 15 is 0 Å². The van der Waals surface area contributed by atoms with Crippen LogP contribution < -0.4 is 10.1 Å². The molecule has 0 bridgehead atoms. The van der Waals surface area contributed by atoms with Gasteiger partial charge in [0.25, 0.3) is 5.91 Å². The van der Waals surface area contributed by atoms with Crippen LogP contribution in [0.2, 0.25) is 0 Å². The summed E-state index contributed by atoms with van der Waals surface area (Å²) in [6.07, 6.45) is -0.461. The molecule has 6 nitrogen and oxygen atoms in total. The molecule has 0 saturated heterocycles. The molecule has 1 heterocycles. The number of nitrogens with zero attached hydrogens (tertiary/aromatic N) is 1. The molecule has 3 rings (SSSR count). The van der Waals surface area contributed by atoms with Gasteiger partial charge in [-0.25, -0.2) is 0 Å². The average molecular weight is 326 g/mol. The monoisotopic (exact) mass is 326 g/mol. The first kappa shape index (κ1) is 15.9. The molecule has 2 aromatic rings. The van der Waals surface area contributed by atoms with Crippen molar-refractivity contribution in [3.05, 3.63) is 59.7 Å². The summed E-state index contributed by atoms with van der Waals surface area (Å²) in [4.78, 5) is 26.0. The summed E-state index contributed by atoms with van der Waals surface area (Å²) in [6, 6.07) is 14.6. The first-order chi connectivity index (χ1) is 11.6. The van der Waals surface area contributed by atoms with E-state index in [1.807, 2.05) is 36.4 Å². The van der Waals surface area contributed by atoms with E-state index < -0.39 is 12.1 Å². The summed E-state index contributed by atoms with van der Waals surface area (Å²) in [6.45, 7) is -0.132. The molecular formula is C18H18N2O4. The highest BCUT2D eigenvalue weighted by atomic mass is 16.5. The van der Waals surface area contributed by atoms with Gasteiger partial charge in [-0.05, 0) is 29.8 Å². The third-order valence-corrected chi connectivity index (χ3v) is 3.98. The van der Waals surface area contributed by atoms with E-state index in [9.17, 15) is 9.59 Å². The van der Waals surface area contributed by atoms with Crippen LogP contribution in [0, 0.1) is 0 Å². The molecule has 0 fully saturated rings. The van der Waals surface area contributed by atoms with Crippen molar-refractivity contribution in [3.8, 4) is 5.75 Å². The number of anilines is 1. The Hall–Kier alpha value is -3.02. The van der Waals surface area contributed by atoms with Gasteiger partial charge in [0.05, 0.1) is 19.8 Å². The van der Waals surface area contributed by atoms with Crippen LogP contribution in [-0.4, -0.2) is 37.5 Å². The first-order valence-corrected chi connectivity index (χ1v) is 7.51. The molecule has 2 aromatic carbocycles. The van der Waals surface area contributed by atoms with Crippen LogP contribution in [0.15, 0.2) is 48.5 Å². The van der Waals surface area contributed by atoms with Crippen molar-refractivity contribution in [1.29, 1.82) is 0 Å². The van der Waals surface area contributed by atoms with E-state index in [1.165, 1.54) is 12.0 Å². The van der Waals surface area contributed by atoms with E-state index in [1.54, 1.807) is 19.2 Å². The van der Waals surface area contributed by atoms with Crippen molar-refractivity contribution in [2.24, 2.45) is 0 Å². The number of methoxy groups -OCH3 is 2. The number of rotatable bonds is 4. The Morgan fingerprint density at radius 2 is 1.83 bits per heavy atom. The first-order valence-electron chi connectivity index (χ1n) is 7.51. The molecule has 1 N–H and O–H groups in total. The van der Waals surface area contributed by atoms with Crippen molar-refractivity contribution in [2.75, 3.05) is 26.1 Å². The fraction of sp³-hybridized carbons (Fsp3) is 0.222. The Bertz CT molecular complexity index is 758. The van der Waals surface area contributed by atoms with Gasteiger partial charge in [0, 0.05) is 5.69 Å². The lowest BCUT2D eigenvalue weighted by atomic mass is 10.0. The number of carbonyl (C=O) groups excluding carboxylic acids is 2. The number of fused-ring (bicyclic) bond motifs is 1. The van der Waals surface area contributed by atoms with Gasteiger partial charge >= 0.3 is 5.97 Å². The van der Waals surface area contributed by atoms with Gasteiger partial charge in [-0.3, -0.25) is 9.59 Å². The van der Waals surface area contributed by atoms with Crippen molar-refractivity contribution in [1.82, 2.24) is 4.90 Å². The fourth-order valence-electron chi connectivity index (χ4n) is 2.71. The highest BCUT2D eigenvalue weighted by molar-refractivity contribution is 6.02. The van der Waals surface area contributed by atoms with Crippen molar-refractivity contribution in [3.63, 3.8) is 0 Å². The van der Waals surface area contributed by atoms with Gasteiger partial charge in [-0.15, -0.1) is 0 Å². The molecule has 24 heavy (non-hydrogen) atoms. The molecule has 0 spiro atoms. The van der Waals surface area contributed by atoms with Crippen molar-refractivity contribution < 1.29 is 19.1 Å². The van der Waals surface area contributed by atoms with E-state index in [0.717, 1.165) is 17.0 Å². The second kappa shape index (κ2) is 6.62. The van der Waals surface area contributed by atoms with Crippen LogP contribution in [0.4, 0.5) is 5.69 Å². The van der Waals surface area contributed by atoms with Crippen LogP contribution in [-0.2, 0) is 9.53 Å². The molecule has 1 unspecified atom stereocenters. The zero-order chi connectivity index (χ0) is 17.1. The second-order valence-electron chi connectivity index (χ2n) is 5.37. The summed E-state index contributed by atoms with van der Waals surface area (Å²) < 4.78 is 9.90. The molecule has 1 amide bonds. The SMILES string of the molecule is COC(=O)CN1C(=O)c2ccccc2NC1c1ccc(OC)cc1. The lowest BCUT2D eigenvalue weighted by Crippen LogP contribution is -2.45. The van der Waals surface area contributed by atoms with Gasteiger partial charge in [0.1, 0.15) is 18.5 Å². The highest BCUT2D eigenvalue weighted by Crippen LogP contribution is 2.33. The summed E-state index contributed by atoms with van der Waals surface area (Å²) in [5, 5.41) is 3.32. The van der Waals surface area contributed by atoms with Gasteiger partial charge in [-0.2, -0.15) is 0 Å². The predicted octanol–water partition coefficient (Wildman–Crippen LogP) is 2.43. The van der Waals surface area contributed by atoms with Gasteiger partial charge in [0.15, 0.2) is 0 Å². The number of para-hydroxylation sites is 1. The third kappa shape index (κ3) is 2.90. The lowest BCUT2D eigenvalue weighted by molar-refractivity contribution is -0.141. The van der Waals surface area contributed by atoms with Gasteiger partial charge in [0.2, 0.25) is 0 Å². The number of carbonyl (C=O) groups is 2. The number of nitrogens with one attached hydrogen (secondary N) is 1. The fourth-order valence-corrected chi connectivity index (χ4v) is 2.71. The van der Waals surface area contributed by atoms with Crippen LogP contribution in [0.25, 0.3) is 0 Å². The minimum Gasteiger partial charge on any atom is -0.497 e. The molecule has 124 valence electrons. The number of hydrogen-bond acceptors (Lipinski definition) is 5. The van der Waals surface area contributed by atoms with E-state index in [4.69, 9.17) is 9.47 Å². The average Bonchev–Trinajstić information content (AvgIpc) is 2.64. The molecule has 0 saturated carbocycles. The van der Waals surface area contributed by atoms with E-state index in [-0.39, 0.29) is 12.5 Å². The summed E-state index contributed by atoms with van der Waals surface area (Å²) >= 11 is 0. The smallest absolute Gasteiger partial charge is 0.325 e. The largest absolute Gasteiger partial charge is 0.497 e. The summed E-state index contributed by atoms with van der Waals surface area (Å²) in [5.74, 6) is 0.0411. The number of hydrogen-bond donors (Lipinski definition) is 1. The van der Waals surface area contributed by atoms with E-state index in [2.05, 4.69) is 5.32 Å². The third-order valence-electron chi connectivity index (χ3n) is 3.98. The number of benzene rings is 2. The minimum absolute atomic E-state index is 0.132. The van der Waals surface area contributed by atoms with Crippen molar-refractivity contribution in [2.45, 2.75) is 6.17 Å². The van der Waals surface area contributed by atoms with Crippen LogP contribution in [0.5, 0.6) is 5.75 Å². The molecule has 0 aliphatic carbocycles. The number of ether oxygens (including phenoxy) is 2. The van der Waals surface area contributed by atoms with Crippen LogP contribution in [0.1, 0.15) is 22.1 Å². The standard InChI is InChI=1S/C18H18N2O4/c1-23-13-9-7-12(8-10-13)17-19-15-6-4-3-5-14(15)18(22)20(17)11-16(21)24-2/h3-10,17,19H,11H2,1-2H3. The Balaban J connectivity index is 2.00. The molecule has 0 aromatic heterocycles. The zero-order valence-electron chi connectivity index (χ0n) is 13.5. The lowest BCUT2D eigenvalue weighted by Gasteiger charge is -2.37. The molecular weight excluding hydrogens is 308 g/mol. The minimum atomic E-state index is -0.469. The Kier molecular flexibility index (Phi) is 4.37. The zero-order valence-corrected chi connectivity index (χ0v) is 13.5. The maximum Gasteiger partial charge on any atom is 0.325 e. The molecule has 1 atom stereocenters. The van der Waals surface area contributed by atoms with E-state index in [0.29, 0.717) is 5.56 Å². The Labute approximate surface area is 140 Å². The topological polar surface area (TPSA) is 67.9 Å². The molecule has 0 radical (unpaired) electrons. The van der Waals surface area contributed by atoms with Gasteiger partial charge < -0.3 is 19.7 Å². The molecule has 1 aliphatic heterocycles. The normalized spacial score (nSPS) is 16.2. The van der Waals surface area contributed by atoms with Crippen LogP contribution >= 0.6 is 0 Å². The Morgan fingerprint density at radius 3 is 2.50 bits per heavy atom. The molecule has 1 aliphatic rings. The van der Waals surface area contributed by atoms with Crippen LogP contribution in [0.3, 0.4) is 0 Å². The maximum absolute atomic E-state index is 12.8. The number of amides is 1. The summed E-state index contributed by atoms with van der Waals surface area (Å²) in [5.41, 5.74) is 2.12.